The molecule has 0 aliphatic heterocycles. The summed E-state index contributed by atoms with van der Waals surface area (Å²) in [5.74, 6) is 0.977. The predicted molar refractivity (Wildman–Crippen MR) is 123 cm³/mol. The van der Waals surface area contributed by atoms with E-state index in [0.29, 0.717) is 34.5 Å². The molecular formula is C22H24N6O3S. The van der Waals surface area contributed by atoms with E-state index < -0.39 is 6.04 Å². The summed E-state index contributed by atoms with van der Waals surface area (Å²) < 4.78 is 6.95. The maximum Gasteiger partial charge on any atom is 0.251 e. The molecule has 166 valence electrons. The van der Waals surface area contributed by atoms with Crippen molar-refractivity contribution in [3.8, 4) is 5.75 Å². The van der Waals surface area contributed by atoms with Crippen LogP contribution in [0.15, 0.2) is 66.6 Å². The molecule has 0 saturated heterocycles. The van der Waals surface area contributed by atoms with Crippen LogP contribution in [0.1, 0.15) is 29.1 Å². The van der Waals surface area contributed by atoms with Crippen LogP contribution in [-0.4, -0.2) is 44.4 Å². The Morgan fingerprint density at radius 3 is 2.69 bits per heavy atom. The average Bonchev–Trinajstić information content (AvgIpc) is 3.21. The van der Waals surface area contributed by atoms with Gasteiger partial charge in [0.2, 0.25) is 5.91 Å². The fourth-order valence-electron chi connectivity index (χ4n) is 2.88. The maximum atomic E-state index is 12.6. The molecule has 1 atom stereocenters. The molecule has 0 unspecified atom stereocenters. The summed E-state index contributed by atoms with van der Waals surface area (Å²) >= 11 is 1.25. The van der Waals surface area contributed by atoms with Gasteiger partial charge in [0.25, 0.3) is 5.91 Å². The molecule has 0 spiro atoms. The van der Waals surface area contributed by atoms with E-state index in [1.807, 2.05) is 11.5 Å². The number of thioether (sulfide) groups is 1. The highest BCUT2D eigenvalue weighted by Crippen LogP contribution is 2.21. The summed E-state index contributed by atoms with van der Waals surface area (Å²) in [7, 11) is 1.57. The van der Waals surface area contributed by atoms with Gasteiger partial charge < -0.3 is 19.9 Å². The van der Waals surface area contributed by atoms with E-state index in [9.17, 15) is 9.59 Å². The highest BCUT2D eigenvalue weighted by molar-refractivity contribution is 7.99. The van der Waals surface area contributed by atoms with Crippen molar-refractivity contribution >= 4 is 29.3 Å². The number of amides is 2. The van der Waals surface area contributed by atoms with E-state index in [1.165, 1.54) is 11.8 Å². The van der Waals surface area contributed by atoms with Crippen molar-refractivity contribution < 1.29 is 14.3 Å². The summed E-state index contributed by atoms with van der Waals surface area (Å²) in [5.41, 5.74) is 1.13. The summed E-state index contributed by atoms with van der Waals surface area (Å²) in [4.78, 5) is 28.8. The third kappa shape index (κ3) is 5.94. The first-order valence-electron chi connectivity index (χ1n) is 9.83. The van der Waals surface area contributed by atoms with Crippen LogP contribution in [0.4, 0.5) is 5.69 Å². The summed E-state index contributed by atoms with van der Waals surface area (Å²) in [6.07, 6.45) is 4.93. The fourth-order valence-corrected chi connectivity index (χ4v) is 3.63. The van der Waals surface area contributed by atoms with E-state index in [1.54, 1.807) is 62.0 Å². The van der Waals surface area contributed by atoms with Gasteiger partial charge in [-0.1, -0.05) is 17.8 Å². The van der Waals surface area contributed by atoms with E-state index in [2.05, 4.69) is 32.4 Å². The SMILES string of the molecule is C=CCn1c(SCC(=O)Nc2cccnc2)nnc1[C@H](C)NC(=O)c1ccc(OC)cc1. The Labute approximate surface area is 190 Å². The molecular weight excluding hydrogens is 428 g/mol. The molecule has 0 aliphatic carbocycles. The zero-order chi connectivity index (χ0) is 22.9. The lowest BCUT2D eigenvalue weighted by Crippen LogP contribution is -2.28. The summed E-state index contributed by atoms with van der Waals surface area (Å²) in [6, 6.07) is 9.94. The zero-order valence-electron chi connectivity index (χ0n) is 17.8. The Kier molecular flexibility index (Phi) is 7.98. The molecule has 0 fully saturated rings. The Balaban J connectivity index is 1.65. The second-order valence-corrected chi connectivity index (χ2v) is 7.68. The van der Waals surface area contributed by atoms with Gasteiger partial charge in [-0.25, -0.2) is 0 Å². The second-order valence-electron chi connectivity index (χ2n) is 6.74. The minimum Gasteiger partial charge on any atom is -0.497 e. The van der Waals surface area contributed by atoms with Crippen molar-refractivity contribution in [2.24, 2.45) is 0 Å². The lowest BCUT2D eigenvalue weighted by atomic mass is 10.2. The van der Waals surface area contributed by atoms with E-state index in [-0.39, 0.29) is 17.6 Å². The average molecular weight is 453 g/mol. The van der Waals surface area contributed by atoms with E-state index in [0.717, 1.165) is 0 Å². The first-order valence-corrected chi connectivity index (χ1v) is 10.8. The molecule has 1 aromatic carbocycles. The van der Waals surface area contributed by atoms with E-state index in [4.69, 9.17) is 4.74 Å². The van der Waals surface area contributed by atoms with Crippen molar-refractivity contribution in [1.29, 1.82) is 0 Å². The molecule has 0 radical (unpaired) electrons. The molecule has 3 rings (SSSR count). The molecule has 2 heterocycles. The van der Waals surface area contributed by atoms with Crippen LogP contribution in [0.25, 0.3) is 0 Å². The molecule has 32 heavy (non-hydrogen) atoms. The Hall–Kier alpha value is -3.66. The van der Waals surface area contributed by atoms with Crippen LogP contribution in [-0.2, 0) is 11.3 Å². The van der Waals surface area contributed by atoms with Crippen LogP contribution in [0.5, 0.6) is 5.75 Å². The molecule has 2 aromatic heterocycles. The number of nitrogens with zero attached hydrogens (tertiary/aromatic N) is 4. The van der Waals surface area contributed by atoms with Crippen LogP contribution < -0.4 is 15.4 Å². The zero-order valence-corrected chi connectivity index (χ0v) is 18.6. The highest BCUT2D eigenvalue weighted by Gasteiger charge is 2.20. The van der Waals surface area contributed by atoms with E-state index >= 15 is 0 Å². The maximum absolute atomic E-state index is 12.6. The number of methoxy groups -OCH3 is 1. The normalized spacial score (nSPS) is 11.4. The monoisotopic (exact) mass is 452 g/mol. The van der Waals surface area contributed by atoms with Crippen molar-refractivity contribution in [1.82, 2.24) is 25.1 Å². The molecule has 0 saturated carbocycles. The largest absolute Gasteiger partial charge is 0.497 e. The van der Waals surface area contributed by atoms with Gasteiger partial charge in [0.1, 0.15) is 5.75 Å². The van der Waals surface area contributed by atoms with Crippen LogP contribution >= 0.6 is 11.8 Å². The van der Waals surface area contributed by atoms with Gasteiger partial charge in [-0.2, -0.15) is 0 Å². The van der Waals surface area contributed by atoms with Crippen molar-refractivity contribution in [2.75, 3.05) is 18.2 Å². The fraction of sp³-hybridized carbons (Fsp3) is 0.227. The first-order chi connectivity index (χ1) is 15.5. The van der Waals surface area contributed by atoms with Gasteiger partial charge >= 0.3 is 0 Å². The number of allylic oxidation sites excluding steroid dienone is 1. The number of benzene rings is 1. The predicted octanol–water partition coefficient (Wildman–Crippen LogP) is 3.09. The van der Waals surface area contributed by atoms with Gasteiger partial charge in [0.15, 0.2) is 11.0 Å². The lowest BCUT2D eigenvalue weighted by molar-refractivity contribution is -0.113. The van der Waals surface area contributed by atoms with Gasteiger partial charge in [-0.15, -0.1) is 16.8 Å². The number of rotatable bonds is 10. The number of aromatic nitrogens is 4. The van der Waals surface area contributed by atoms with Crippen LogP contribution in [0.3, 0.4) is 0 Å². The first kappa shape index (κ1) is 23.0. The summed E-state index contributed by atoms with van der Waals surface area (Å²) in [5, 5.41) is 14.7. The standard InChI is InChI=1S/C22H24N6O3S/c1-4-12-28-20(15(2)24-21(30)16-7-9-18(31-3)10-8-16)26-27-22(28)32-14-19(29)25-17-6-5-11-23-13-17/h4-11,13,15H,1,12,14H2,2-3H3,(H,24,30)(H,25,29)/t15-/m0/s1. The third-order valence-corrected chi connectivity index (χ3v) is 5.39. The minimum absolute atomic E-state index is 0.150. The van der Waals surface area contributed by atoms with Gasteiger partial charge in [0, 0.05) is 18.3 Å². The third-order valence-electron chi connectivity index (χ3n) is 4.42. The molecule has 2 amide bonds. The number of carbonyl (C=O) groups excluding carboxylic acids is 2. The Bertz CT molecular complexity index is 1070. The highest BCUT2D eigenvalue weighted by atomic mass is 32.2. The number of pyridine rings is 1. The molecule has 2 N–H and O–H groups in total. The van der Waals surface area contributed by atoms with Crippen molar-refractivity contribution in [2.45, 2.75) is 24.7 Å². The lowest BCUT2D eigenvalue weighted by Gasteiger charge is -2.15. The van der Waals surface area contributed by atoms with Crippen LogP contribution in [0.2, 0.25) is 0 Å². The number of nitrogens with one attached hydrogen (secondary N) is 2. The number of anilines is 1. The van der Waals surface area contributed by atoms with Gasteiger partial charge in [-0.3, -0.25) is 14.6 Å². The number of ether oxygens (including phenoxy) is 1. The second kappa shape index (κ2) is 11.1. The van der Waals surface area contributed by atoms with Crippen molar-refractivity contribution in [3.63, 3.8) is 0 Å². The smallest absolute Gasteiger partial charge is 0.251 e. The van der Waals surface area contributed by atoms with Crippen molar-refractivity contribution in [3.05, 3.63) is 72.8 Å². The molecule has 10 heteroatoms. The Morgan fingerprint density at radius 2 is 2.03 bits per heavy atom. The molecule has 9 nitrogen and oxygen atoms in total. The number of hydrogen-bond donors (Lipinski definition) is 2. The minimum atomic E-state index is -0.407. The topological polar surface area (TPSA) is 111 Å². The number of carbonyl (C=O) groups is 2. The molecule has 3 aromatic rings. The Morgan fingerprint density at radius 1 is 1.25 bits per heavy atom. The molecule has 0 bridgehead atoms. The molecule has 0 aliphatic rings. The van der Waals surface area contributed by atoms with Gasteiger partial charge in [0.05, 0.1) is 30.8 Å². The quantitative estimate of drug-likeness (QED) is 0.359. The van der Waals surface area contributed by atoms with Crippen LogP contribution in [0, 0.1) is 0 Å². The van der Waals surface area contributed by atoms with Gasteiger partial charge in [-0.05, 0) is 43.3 Å². The number of hydrogen-bond acceptors (Lipinski definition) is 7. The summed E-state index contributed by atoms with van der Waals surface area (Å²) in [6.45, 7) is 6.05.